The fourth-order valence-corrected chi connectivity index (χ4v) is 3.12. The van der Waals surface area contributed by atoms with Gasteiger partial charge in [0.05, 0.1) is 15.8 Å². The van der Waals surface area contributed by atoms with Crippen molar-refractivity contribution in [2.24, 2.45) is 5.10 Å². The van der Waals surface area contributed by atoms with Crippen LogP contribution in [0.1, 0.15) is 37.6 Å². The van der Waals surface area contributed by atoms with E-state index in [1.165, 1.54) is 19.3 Å². The molecule has 0 saturated carbocycles. The molecule has 0 bridgehead atoms. The van der Waals surface area contributed by atoms with Gasteiger partial charge in [0.25, 0.3) is 0 Å². The van der Waals surface area contributed by atoms with Crippen LogP contribution in [0.25, 0.3) is 0 Å². The average Bonchev–Trinajstić information content (AvgIpc) is 2.62. The van der Waals surface area contributed by atoms with E-state index in [4.69, 9.17) is 23.2 Å². The van der Waals surface area contributed by atoms with Crippen LogP contribution in [0.4, 0.5) is 11.6 Å². The molecule has 132 valence electrons. The largest absolute Gasteiger partial charge is 0.356 e. The Morgan fingerprint density at radius 1 is 1.08 bits per heavy atom. The van der Waals surface area contributed by atoms with E-state index in [0.717, 1.165) is 36.0 Å². The summed E-state index contributed by atoms with van der Waals surface area (Å²) in [7, 11) is 0. The molecule has 0 radical (unpaired) electrons. The number of benzene rings is 1. The summed E-state index contributed by atoms with van der Waals surface area (Å²) in [5.41, 5.74) is 4.74. The van der Waals surface area contributed by atoms with E-state index in [1.54, 1.807) is 12.1 Å². The van der Waals surface area contributed by atoms with Crippen LogP contribution in [-0.2, 0) is 0 Å². The van der Waals surface area contributed by atoms with Crippen molar-refractivity contribution in [2.75, 3.05) is 23.4 Å². The Morgan fingerprint density at radius 3 is 2.56 bits per heavy atom. The Kier molecular flexibility index (Phi) is 5.76. The van der Waals surface area contributed by atoms with Crippen molar-refractivity contribution < 1.29 is 0 Å². The lowest BCUT2D eigenvalue weighted by Gasteiger charge is -2.28. The second-order valence-corrected chi connectivity index (χ2v) is 6.96. The number of halogens is 2. The van der Waals surface area contributed by atoms with Crippen LogP contribution in [0.5, 0.6) is 0 Å². The molecule has 1 aromatic heterocycles. The number of aromatic nitrogens is 2. The summed E-state index contributed by atoms with van der Waals surface area (Å²) in [6.45, 7) is 5.89. The molecular weight excluding hydrogens is 357 g/mol. The van der Waals surface area contributed by atoms with Gasteiger partial charge in [0.1, 0.15) is 11.6 Å². The predicted octanol–water partition coefficient (Wildman–Crippen LogP) is 4.92. The van der Waals surface area contributed by atoms with Gasteiger partial charge in [-0.1, -0.05) is 29.3 Å². The van der Waals surface area contributed by atoms with E-state index in [0.29, 0.717) is 15.9 Å². The normalized spacial score (nSPS) is 15.4. The van der Waals surface area contributed by atoms with Crippen molar-refractivity contribution in [3.63, 3.8) is 0 Å². The van der Waals surface area contributed by atoms with Crippen LogP contribution in [0, 0.1) is 6.92 Å². The fraction of sp³-hybridized carbons (Fsp3) is 0.389. The lowest BCUT2D eigenvalue weighted by atomic mass is 10.1. The van der Waals surface area contributed by atoms with E-state index in [1.807, 2.05) is 26.0 Å². The van der Waals surface area contributed by atoms with Crippen molar-refractivity contribution in [1.29, 1.82) is 0 Å². The summed E-state index contributed by atoms with van der Waals surface area (Å²) in [4.78, 5) is 11.3. The summed E-state index contributed by atoms with van der Waals surface area (Å²) in [6.07, 6.45) is 3.71. The van der Waals surface area contributed by atoms with Gasteiger partial charge in [-0.15, -0.1) is 0 Å². The number of rotatable bonds is 4. The summed E-state index contributed by atoms with van der Waals surface area (Å²) in [5, 5.41) is 5.46. The summed E-state index contributed by atoms with van der Waals surface area (Å²) >= 11 is 12.0. The molecule has 1 aliphatic heterocycles. The number of nitrogens with zero attached hydrogens (tertiary/aromatic N) is 4. The first kappa shape index (κ1) is 18.0. The van der Waals surface area contributed by atoms with Gasteiger partial charge in [-0.2, -0.15) is 5.10 Å². The average molecular weight is 378 g/mol. The number of anilines is 2. The van der Waals surface area contributed by atoms with Crippen LogP contribution >= 0.6 is 23.2 Å². The van der Waals surface area contributed by atoms with E-state index >= 15 is 0 Å². The van der Waals surface area contributed by atoms with Crippen LogP contribution in [0.2, 0.25) is 10.0 Å². The molecule has 1 saturated heterocycles. The van der Waals surface area contributed by atoms with E-state index in [-0.39, 0.29) is 0 Å². The molecule has 0 aliphatic carbocycles. The molecule has 1 aliphatic rings. The number of hydrogen-bond acceptors (Lipinski definition) is 5. The fourth-order valence-electron chi connectivity index (χ4n) is 2.82. The summed E-state index contributed by atoms with van der Waals surface area (Å²) in [5.74, 6) is 2.37. The Hall–Kier alpha value is -1.85. The molecular formula is C18H21Cl2N5. The molecule has 0 atom stereocenters. The van der Waals surface area contributed by atoms with Gasteiger partial charge >= 0.3 is 0 Å². The third-order valence-corrected chi connectivity index (χ3v) is 4.92. The van der Waals surface area contributed by atoms with Gasteiger partial charge in [-0.25, -0.2) is 9.97 Å². The second kappa shape index (κ2) is 8.02. The zero-order chi connectivity index (χ0) is 17.8. The van der Waals surface area contributed by atoms with Crippen molar-refractivity contribution in [1.82, 2.24) is 9.97 Å². The SMILES string of the molecule is C/C(=N/Nc1cc(N2CCCCC2)nc(C)n1)c1ccc(Cl)c(Cl)c1. The number of hydrogen-bond donors (Lipinski definition) is 1. The quantitative estimate of drug-likeness (QED) is 0.606. The monoisotopic (exact) mass is 377 g/mol. The molecule has 7 heteroatoms. The van der Waals surface area contributed by atoms with Crippen LogP contribution in [0.15, 0.2) is 29.4 Å². The Labute approximate surface area is 158 Å². The van der Waals surface area contributed by atoms with Gasteiger partial charge in [0.15, 0.2) is 5.82 Å². The topological polar surface area (TPSA) is 53.4 Å². The van der Waals surface area contributed by atoms with Crippen LogP contribution in [0.3, 0.4) is 0 Å². The minimum atomic E-state index is 0.513. The van der Waals surface area contributed by atoms with Gasteiger partial charge in [0.2, 0.25) is 0 Å². The van der Waals surface area contributed by atoms with E-state index < -0.39 is 0 Å². The van der Waals surface area contributed by atoms with E-state index in [9.17, 15) is 0 Å². The second-order valence-electron chi connectivity index (χ2n) is 6.14. The van der Waals surface area contributed by atoms with Crippen molar-refractivity contribution >= 4 is 40.5 Å². The highest BCUT2D eigenvalue weighted by molar-refractivity contribution is 6.42. The highest BCUT2D eigenvalue weighted by Crippen LogP contribution is 2.23. The summed E-state index contributed by atoms with van der Waals surface area (Å²) in [6, 6.07) is 7.40. The lowest BCUT2D eigenvalue weighted by molar-refractivity contribution is 0.572. The molecule has 0 amide bonds. The molecule has 5 nitrogen and oxygen atoms in total. The maximum Gasteiger partial charge on any atom is 0.152 e. The molecule has 3 rings (SSSR count). The maximum absolute atomic E-state index is 6.07. The van der Waals surface area contributed by atoms with Gasteiger partial charge in [0, 0.05) is 19.2 Å². The highest BCUT2D eigenvalue weighted by atomic mass is 35.5. The molecule has 25 heavy (non-hydrogen) atoms. The third-order valence-electron chi connectivity index (χ3n) is 4.18. The van der Waals surface area contributed by atoms with Gasteiger partial charge in [-0.05, 0) is 50.8 Å². The predicted molar refractivity (Wildman–Crippen MR) is 105 cm³/mol. The maximum atomic E-state index is 6.07. The molecule has 1 aromatic carbocycles. The molecule has 2 aromatic rings. The summed E-state index contributed by atoms with van der Waals surface area (Å²) < 4.78 is 0. The van der Waals surface area contributed by atoms with Crippen LogP contribution in [-0.4, -0.2) is 28.8 Å². The molecule has 1 fully saturated rings. The highest BCUT2D eigenvalue weighted by Gasteiger charge is 2.13. The zero-order valence-electron chi connectivity index (χ0n) is 14.4. The first-order valence-corrected chi connectivity index (χ1v) is 9.15. The number of hydrazone groups is 1. The van der Waals surface area contributed by atoms with E-state index in [2.05, 4.69) is 25.4 Å². The minimum Gasteiger partial charge on any atom is -0.356 e. The zero-order valence-corrected chi connectivity index (χ0v) is 15.9. The lowest BCUT2D eigenvalue weighted by Crippen LogP contribution is -2.30. The smallest absolute Gasteiger partial charge is 0.152 e. The van der Waals surface area contributed by atoms with Gasteiger partial charge < -0.3 is 4.90 Å². The molecule has 0 unspecified atom stereocenters. The van der Waals surface area contributed by atoms with Crippen molar-refractivity contribution in [3.8, 4) is 0 Å². The minimum absolute atomic E-state index is 0.513. The first-order chi connectivity index (χ1) is 12.0. The van der Waals surface area contributed by atoms with Crippen molar-refractivity contribution in [2.45, 2.75) is 33.1 Å². The standard InChI is InChI=1S/C18H21Cl2N5/c1-12(14-6-7-15(19)16(20)10-14)23-24-17-11-18(22-13(2)21-17)25-8-4-3-5-9-25/h6-7,10-11H,3-5,8-9H2,1-2H3,(H,21,22,24)/b23-12-. The Morgan fingerprint density at radius 2 is 1.84 bits per heavy atom. The van der Waals surface area contributed by atoms with Gasteiger partial charge in [-0.3, -0.25) is 5.43 Å². The first-order valence-electron chi connectivity index (χ1n) is 8.39. The third kappa shape index (κ3) is 4.61. The Balaban J connectivity index is 1.77. The molecule has 0 spiro atoms. The number of piperidine rings is 1. The Bertz CT molecular complexity index is 785. The van der Waals surface area contributed by atoms with Crippen molar-refractivity contribution in [3.05, 3.63) is 45.7 Å². The number of aryl methyl sites for hydroxylation is 1. The number of nitrogens with one attached hydrogen (secondary N) is 1. The van der Waals surface area contributed by atoms with Crippen LogP contribution < -0.4 is 10.3 Å². The molecule has 2 heterocycles. The molecule has 1 N–H and O–H groups in total.